The molecular weight excluding hydrogens is 174 g/mol. The quantitative estimate of drug-likeness (QED) is 0.706. The summed E-state index contributed by atoms with van der Waals surface area (Å²) in [4.78, 5) is 2.31. The van der Waals surface area contributed by atoms with Crippen LogP contribution >= 0.6 is 0 Å². The summed E-state index contributed by atoms with van der Waals surface area (Å²) >= 11 is 0. The predicted octanol–water partition coefficient (Wildman–Crippen LogP) is 2.43. The summed E-state index contributed by atoms with van der Waals surface area (Å²) in [6.45, 7) is 8.68. The lowest BCUT2D eigenvalue weighted by Gasteiger charge is -2.31. The largest absolute Gasteiger partial charge is 0.392 e. The molecule has 1 fully saturated rings. The zero-order valence-corrected chi connectivity index (χ0v) is 9.71. The molecule has 2 nitrogen and oxygen atoms in total. The fourth-order valence-corrected chi connectivity index (χ4v) is 2.09. The zero-order chi connectivity index (χ0) is 11.0. The van der Waals surface area contributed by atoms with Gasteiger partial charge >= 0.3 is 0 Å². The fraction of sp³-hybridized carbons (Fsp3) is 0.833. The summed E-state index contributed by atoms with van der Waals surface area (Å²) in [6, 6.07) is 0.730. The molecule has 0 amide bonds. The highest BCUT2D eigenvalue weighted by Crippen LogP contribution is 2.21. The summed E-state index contributed by atoms with van der Waals surface area (Å²) in [5.74, 6) is 0. The summed E-state index contributed by atoms with van der Waals surface area (Å²) in [6.07, 6.45) is 6.60. The smallest absolute Gasteiger partial charge is 0.0639 e. The SMILES string of the molecule is C=C.C[C@@H](O)CN(C)C1CCCCC1. The van der Waals surface area contributed by atoms with E-state index in [4.69, 9.17) is 0 Å². The van der Waals surface area contributed by atoms with Gasteiger partial charge in [-0.25, -0.2) is 0 Å². The van der Waals surface area contributed by atoms with Crippen molar-refractivity contribution in [3.05, 3.63) is 13.2 Å². The van der Waals surface area contributed by atoms with Gasteiger partial charge in [-0.05, 0) is 26.8 Å². The van der Waals surface area contributed by atoms with Gasteiger partial charge in [0.15, 0.2) is 0 Å². The molecule has 0 bridgehead atoms. The first-order valence-electron chi connectivity index (χ1n) is 5.58. The van der Waals surface area contributed by atoms with Gasteiger partial charge in [0.1, 0.15) is 0 Å². The third kappa shape index (κ3) is 5.40. The number of hydrogen-bond acceptors (Lipinski definition) is 2. The molecule has 0 aromatic rings. The van der Waals surface area contributed by atoms with E-state index < -0.39 is 0 Å². The van der Waals surface area contributed by atoms with E-state index in [1.54, 1.807) is 0 Å². The molecule has 0 aromatic heterocycles. The van der Waals surface area contributed by atoms with Crippen LogP contribution in [0.5, 0.6) is 0 Å². The molecule has 14 heavy (non-hydrogen) atoms. The van der Waals surface area contributed by atoms with Crippen LogP contribution in [0.3, 0.4) is 0 Å². The van der Waals surface area contributed by atoms with Crippen molar-refractivity contribution in [2.45, 2.75) is 51.2 Å². The Labute approximate surface area is 88.6 Å². The van der Waals surface area contributed by atoms with Crippen LogP contribution in [0.2, 0.25) is 0 Å². The van der Waals surface area contributed by atoms with E-state index in [0.717, 1.165) is 12.6 Å². The average molecular weight is 199 g/mol. The summed E-state index contributed by atoms with van der Waals surface area (Å²) in [5, 5.41) is 9.21. The summed E-state index contributed by atoms with van der Waals surface area (Å²) in [7, 11) is 2.13. The van der Waals surface area contributed by atoms with Crippen molar-refractivity contribution in [1.29, 1.82) is 0 Å². The molecule has 1 saturated carbocycles. The van der Waals surface area contributed by atoms with Crippen LogP contribution in [0.15, 0.2) is 13.2 Å². The van der Waals surface area contributed by atoms with Crippen molar-refractivity contribution in [3.63, 3.8) is 0 Å². The minimum absolute atomic E-state index is 0.183. The lowest BCUT2D eigenvalue weighted by atomic mass is 9.94. The lowest BCUT2D eigenvalue weighted by molar-refractivity contribution is 0.102. The Bertz CT molecular complexity index is 130. The van der Waals surface area contributed by atoms with Crippen molar-refractivity contribution in [2.24, 2.45) is 0 Å². The molecular formula is C12H25NO. The molecule has 0 heterocycles. The first-order valence-corrected chi connectivity index (χ1v) is 5.58. The van der Waals surface area contributed by atoms with Crippen molar-refractivity contribution in [3.8, 4) is 0 Å². The second kappa shape index (κ2) is 8.01. The van der Waals surface area contributed by atoms with Gasteiger partial charge < -0.3 is 10.0 Å². The number of aliphatic hydroxyl groups excluding tert-OH is 1. The van der Waals surface area contributed by atoms with Gasteiger partial charge in [-0.15, -0.1) is 13.2 Å². The van der Waals surface area contributed by atoms with Crippen LogP contribution in [0, 0.1) is 0 Å². The highest BCUT2D eigenvalue weighted by Gasteiger charge is 2.18. The molecule has 0 spiro atoms. The van der Waals surface area contributed by atoms with Crippen LogP contribution in [0.4, 0.5) is 0 Å². The molecule has 0 saturated heterocycles. The van der Waals surface area contributed by atoms with E-state index in [9.17, 15) is 5.11 Å². The molecule has 1 aliphatic rings. The highest BCUT2D eigenvalue weighted by atomic mass is 16.3. The van der Waals surface area contributed by atoms with Gasteiger partial charge in [-0.2, -0.15) is 0 Å². The van der Waals surface area contributed by atoms with Crippen molar-refractivity contribution in [1.82, 2.24) is 4.90 Å². The van der Waals surface area contributed by atoms with Gasteiger partial charge in [-0.3, -0.25) is 0 Å². The standard InChI is InChI=1S/C10H21NO.C2H4/c1-9(12)8-11(2)10-6-4-3-5-7-10;1-2/h9-10,12H,3-8H2,1-2H3;1-2H2/t9-;/m1./s1. The Hall–Kier alpha value is -0.340. The normalized spacial score (nSPS) is 20.0. The number of hydrogen-bond donors (Lipinski definition) is 1. The molecule has 0 unspecified atom stereocenters. The minimum atomic E-state index is -0.183. The summed E-state index contributed by atoms with van der Waals surface area (Å²) < 4.78 is 0. The van der Waals surface area contributed by atoms with E-state index >= 15 is 0 Å². The number of aliphatic hydroxyl groups is 1. The third-order valence-corrected chi connectivity index (χ3v) is 2.75. The second-order valence-corrected chi connectivity index (χ2v) is 4.08. The van der Waals surface area contributed by atoms with Crippen LogP contribution in [-0.2, 0) is 0 Å². The van der Waals surface area contributed by atoms with Crippen molar-refractivity contribution < 1.29 is 5.11 Å². The number of rotatable bonds is 3. The van der Waals surface area contributed by atoms with Crippen molar-refractivity contribution in [2.75, 3.05) is 13.6 Å². The molecule has 1 aliphatic carbocycles. The Morgan fingerprint density at radius 2 is 1.79 bits per heavy atom. The molecule has 1 N–H and O–H groups in total. The maximum atomic E-state index is 9.21. The van der Waals surface area contributed by atoms with Gasteiger partial charge in [0.2, 0.25) is 0 Å². The Morgan fingerprint density at radius 3 is 2.21 bits per heavy atom. The molecule has 0 aliphatic heterocycles. The molecule has 1 rings (SSSR count). The van der Waals surface area contributed by atoms with E-state index in [-0.39, 0.29) is 6.10 Å². The monoisotopic (exact) mass is 199 g/mol. The summed E-state index contributed by atoms with van der Waals surface area (Å²) in [5.41, 5.74) is 0. The maximum Gasteiger partial charge on any atom is 0.0639 e. The number of likely N-dealkylation sites (N-methyl/N-ethyl adjacent to an activating group) is 1. The van der Waals surface area contributed by atoms with Gasteiger partial charge in [0.05, 0.1) is 6.10 Å². The first kappa shape index (κ1) is 13.7. The lowest BCUT2D eigenvalue weighted by Crippen LogP contribution is -2.37. The van der Waals surface area contributed by atoms with Crippen molar-refractivity contribution >= 4 is 0 Å². The van der Waals surface area contributed by atoms with Crippen LogP contribution < -0.4 is 0 Å². The Kier molecular flexibility index (Phi) is 7.81. The third-order valence-electron chi connectivity index (χ3n) is 2.75. The molecule has 1 atom stereocenters. The van der Waals surface area contributed by atoms with Crippen LogP contribution in [0.1, 0.15) is 39.0 Å². The maximum absolute atomic E-state index is 9.21. The molecule has 0 radical (unpaired) electrons. The fourth-order valence-electron chi connectivity index (χ4n) is 2.09. The van der Waals surface area contributed by atoms with Gasteiger partial charge in [0.25, 0.3) is 0 Å². The second-order valence-electron chi connectivity index (χ2n) is 4.08. The van der Waals surface area contributed by atoms with E-state index in [1.807, 2.05) is 6.92 Å². The Morgan fingerprint density at radius 1 is 1.29 bits per heavy atom. The molecule has 2 heteroatoms. The first-order chi connectivity index (χ1) is 6.70. The minimum Gasteiger partial charge on any atom is -0.392 e. The topological polar surface area (TPSA) is 23.5 Å². The van der Waals surface area contributed by atoms with E-state index in [0.29, 0.717) is 0 Å². The Balaban J connectivity index is 0.000000791. The average Bonchev–Trinajstić information content (AvgIpc) is 2.21. The van der Waals surface area contributed by atoms with Gasteiger partial charge in [-0.1, -0.05) is 19.3 Å². The van der Waals surface area contributed by atoms with E-state index in [1.165, 1.54) is 32.1 Å². The van der Waals surface area contributed by atoms with Crippen LogP contribution in [-0.4, -0.2) is 35.7 Å². The number of nitrogens with zero attached hydrogens (tertiary/aromatic N) is 1. The van der Waals surface area contributed by atoms with Crippen LogP contribution in [0.25, 0.3) is 0 Å². The van der Waals surface area contributed by atoms with E-state index in [2.05, 4.69) is 25.1 Å². The molecule has 84 valence electrons. The highest BCUT2D eigenvalue weighted by molar-refractivity contribution is 4.74. The zero-order valence-electron chi connectivity index (χ0n) is 9.71. The predicted molar refractivity (Wildman–Crippen MR) is 62.4 cm³/mol. The van der Waals surface area contributed by atoms with Gasteiger partial charge in [0, 0.05) is 12.6 Å². The molecule has 0 aromatic carbocycles.